The van der Waals surface area contributed by atoms with E-state index in [-0.39, 0.29) is 5.91 Å². The van der Waals surface area contributed by atoms with Gasteiger partial charge in [-0.2, -0.15) is 0 Å². The fourth-order valence-electron chi connectivity index (χ4n) is 2.88. The standard InChI is InChI=1S/C17H24N2O3/c1-18(2)16(20)8-10-19-9-7-14(12-19)11-13-3-5-15(6-4-13)17(21)22/h3-6,14H,7-12H2,1-2H3,(H,21,22)/t14-/m0/s1. The van der Waals surface area contributed by atoms with Crippen LogP contribution in [0.5, 0.6) is 0 Å². The highest BCUT2D eigenvalue weighted by Crippen LogP contribution is 2.21. The summed E-state index contributed by atoms with van der Waals surface area (Å²) in [7, 11) is 3.58. The van der Waals surface area contributed by atoms with Gasteiger partial charge in [0, 0.05) is 33.6 Å². The van der Waals surface area contributed by atoms with Crippen molar-refractivity contribution in [3.05, 3.63) is 35.4 Å². The van der Waals surface area contributed by atoms with E-state index >= 15 is 0 Å². The molecule has 0 spiro atoms. The van der Waals surface area contributed by atoms with Crippen molar-refractivity contribution in [2.75, 3.05) is 33.7 Å². The summed E-state index contributed by atoms with van der Waals surface area (Å²) in [5.74, 6) is -0.123. The number of amides is 1. The first-order valence-electron chi connectivity index (χ1n) is 7.70. The molecule has 2 rings (SSSR count). The minimum atomic E-state index is -0.885. The number of carboxylic acid groups (broad SMARTS) is 1. The maximum absolute atomic E-state index is 11.6. The van der Waals surface area contributed by atoms with E-state index in [0.717, 1.165) is 32.5 Å². The summed E-state index contributed by atoms with van der Waals surface area (Å²) in [6, 6.07) is 7.14. The lowest BCUT2D eigenvalue weighted by Crippen LogP contribution is -2.29. The maximum atomic E-state index is 11.6. The predicted octanol–water partition coefficient (Wildman–Crippen LogP) is 1.73. The number of likely N-dealkylation sites (tertiary alicyclic amines) is 1. The SMILES string of the molecule is CN(C)C(=O)CCN1CC[C@@H](Cc2ccc(C(=O)O)cc2)C1. The average Bonchev–Trinajstić information content (AvgIpc) is 2.92. The van der Waals surface area contributed by atoms with Crippen molar-refractivity contribution >= 4 is 11.9 Å². The van der Waals surface area contributed by atoms with Crippen LogP contribution in [0.4, 0.5) is 0 Å². The highest BCUT2D eigenvalue weighted by Gasteiger charge is 2.23. The Morgan fingerprint density at radius 3 is 2.55 bits per heavy atom. The zero-order chi connectivity index (χ0) is 16.1. The number of benzene rings is 1. The molecule has 120 valence electrons. The van der Waals surface area contributed by atoms with E-state index < -0.39 is 5.97 Å². The van der Waals surface area contributed by atoms with Crippen LogP contribution in [-0.4, -0.2) is 60.5 Å². The third kappa shape index (κ3) is 4.56. The second-order valence-corrected chi connectivity index (χ2v) is 6.20. The number of hydrogen-bond donors (Lipinski definition) is 1. The van der Waals surface area contributed by atoms with Gasteiger partial charge in [0.15, 0.2) is 0 Å². The third-order valence-corrected chi connectivity index (χ3v) is 4.24. The summed E-state index contributed by atoms with van der Waals surface area (Å²) in [5, 5.41) is 8.90. The van der Waals surface area contributed by atoms with Crippen LogP contribution in [0.1, 0.15) is 28.8 Å². The predicted molar refractivity (Wildman–Crippen MR) is 85.0 cm³/mol. The summed E-state index contributed by atoms with van der Waals surface area (Å²) in [6.45, 7) is 2.88. The fraction of sp³-hybridized carbons (Fsp3) is 0.529. The van der Waals surface area contributed by atoms with Crippen molar-refractivity contribution in [3.8, 4) is 0 Å². The van der Waals surface area contributed by atoms with Gasteiger partial charge in [0.25, 0.3) is 0 Å². The highest BCUT2D eigenvalue weighted by molar-refractivity contribution is 5.87. The Balaban J connectivity index is 1.78. The first-order chi connectivity index (χ1) is 10.5. The molecule has 22 heavy (non-hydrogen) atoms. The van der Waals surface area contributed by atoms with Crippen LogP contribution in [0.2, 0.25) is 0 Å². The molecule has 0 saturated carbocycles. The van der Waals surface area contributed by atoms with E-state index in [9.17, 15) is 9.59 Å². The summed E-state index contributed by atoms with van der Waals surface area (Å²) >= 11 is 0. The number of aromatic carboxylic acids is 1. The number of rotatable bonds is 6. The molecule has 0 unspecified atom stereocenters. The van der Waals surface area contributed by atoms with Crippen LogP contribution in [-0.2, 0) is 11.2 Å². The van der Waals surface area contributed by atoms with Gasteiger partial charge >= 0.3 is 5.97 Å². The molecule has 1 aliphatic heterocycles. The van der Waals surface area contributed by atoms with Gasteiger partial charge in [-0.15, -0.1) is 0 Å². The van der Waals surface area contributed by atoms with Gasteiger partial charge in [-0.25, -0.2) is 4.79 Å². The van der Waals surface area contributed by atoms with Gasteiger partial charge in [-0.3, -0.25) is 4.79 Å². The Bertz CT molecular complexity index is 525. The fourth-order valence-corrected chi connectivity index (χ4v) is 2.88. The minimum absolute atomic E-state index is 0.174. The van der Waals surface area contributed by atoms with E-state index in [1.807, 2.05) is 12.1 Å². The molecule has 1 saturated heterocycles. The molecule has 5 nitrogen and oxygen atoms in total. The molecule has 1 N–H and O–H groups in total. The van der Waals surface area contributed by atoms with E-state index in [4.69, 9.17) is 5.11 Å². The largest absolute Gasteiger partial charge is 0.478 e. The molecule has 1 fully saturated rings. The second kappa shape index (κ2) is 7.40. The van der Waals surface area contributed by atoms with Crippen LogP contribution in [0.25, 0.3) is 0 Å². The second-order valence-electron chi connectivity index (χ2n) is 6.20. The molecule has 1 atom stereocenters. The average molecular weight is 304 g/mol. The monoisotopic (exact) mass is 304 g/mol. The molecular weight excluding hydrogens is 280 g/mol. The lowest BCUT2D eigenvalue weighted by Gasteiger charge is -2.17. The first kappa shape index (κ1) is 16.5. The lowest BCUT2D eigenvalue weighted by atomic mass is 9.98. The quantitative estimate of drug-likeness (QED) is 0.869. The smallest absolute Gasteiger partial charge is 0.335 e. The zero-order valence-corrected chi connectivity index (χ0v) is 13.3. The van der Waals surface area contributed by atoms with Crippen LogP contribution >= 0.6 is 0 Å². The van der Waals surface area contributed by atoms with Crippen LogP contribution < -0.4 is 0 Å². The van der Waals surface area contributed by atoms with Crippen molar-refractivity contribution in [2.45, 2.75) is 19.3 Å². The molecule has 1 aliphatic rings. The Hall–Kier alpha value is -1.88. The van der Waals surface area contributed by atoms with E-state index in [1.54, 1.807) is 31.1 Å². The Kier molecular flexibility index (Phi) is 5.55. The van der Waals surface area contributed by atoms with E-state index in [1.165, 1.54) is 5.56 Å². The third-order valence-electron chi connectivity index (χ3n) is 4.24. The topological polar surface area (TPSA) is 60.9 Å². The number of carbonyl (C=O) groups excluding carboxylic acids is 1. The number of carboxylic acids is 1. The minimum Gasteiger partial charge on any atom is -0.478 e. The van der Waals surface area contributed by atoms with Crippen molar-refractivity contribution < 1.29 is 14.7 Å². The van der Waals surface area contributed by atoms with Crippen molar-refractivity contribution in [1.29, 1.82) is 0 Å². The number of hydrogen-bond acceptors (Lipinski definition) is 3. The van der Waals surface area contributed by atoms with Gasteiger partial charge in [0.2, 0.25) is 5.91 Å². The Morgan fingerprint density at radius 2 is 1.95 bits per heavy atom. The molecule has 5 heteroatoms. The maximum Gasteiger partial charge on any atom is 0.335 e. The molecule has 0 radical (unpaired) electrons. The summed E-state index contributed by atoms with van der Waals surface area (Å²) in [6.07, 6.45) is 2.68. The van der Waals surface area contributed by atoms with Gasteiger partial charge in [-0.1, -0.05) is 12.1 Å². The van der Waals surface area contributed by atoms with Crippen molar-refractivity contribution in [1.82, 2.24) is 9.80 Å². The molecular formula is C17H24N2O3. The van der Waals surface area contributed by atoms with Gasteiger partial charge in [0.1, 0.15) is 0 Å². The van der Waals surface area contributed by atoms with Crippen LogP contribution in [0, 0.1) is 5.92 Å². The van der Waals surface area contributed by atoms with Crippen molar-refractivity contribution in [2.24, 2.45) is 5.92 Å². The molecule has 0 bridgehead atoms. The van der Waals surface area contributed by atoms with Gasteiger partial charge in [-0.05, 0) is 43.0 Å². The Morgan fingerprint density at radius 1 is 1.27 bits per heavy atom. The molecule has 1 heterocycles. The van der Waals surface area contributed by atoms with E-state index in [2.05, 4.69) is 4.90 Å². The molecule has 0 aromatic heterocycles. The van der Waals surface area contributed by atoms with E-state index in [0.29, 0.717) is 17.9 Å². The summed E-state index contributed by atoms with van der Waals surface area (Å²) in [4.78, 5) is 26.4. The first-order valence-corrected chi connectivity index (χ1v) is 7.70. The van der Waals surface area contributed by atoms with Crippen molar-refractivity contribution in [3.63, 3.8) is 0 Å². The molecule has 0 aliphatic carbocycles. The molecule has 1 amide bonds. The highest BCUT2D eigenvalue weighted by atomic mass is 16.4. The van der Waals surface area contributed by atoms with Crippen LogP contribution in [0.15, 0.2) is 24.3 Å². The lowest BCUT2D eigenvalue weighted by molar-refractivity contribution is -0.128. The number of carbonyl (C=O) groups is 2. The summed E-state index contributed by atoms with van der Waals surface area (Å²) < 4.78 is 0. The molecule has 1 aromatic carbocycles. The van der Waals surface area contributed by atoms with Gasteiger partial charge < -0.3 is 14.9 Å². The summed E-state index contributed by atoms with van der Waals surface area (Å²) in [5.41, 5.74) is 1.51. The normalized spacial score (nSPS) is 18.4. The molecule has 1 aromatic rings. The van der Waals surface area contributed by atoms with Crippen LogP contribution in [0.3, 0.4) is 0 Å². The van der Waals surface area contributed by atoms with Gasteiger partial charge in [0.05, 0.1) is 5.56 Å². The Labute approximate surface area is 131 Å². The number of nitrogens with zero attached hydrogens (tertiary/aromatic N) is 2. The zero-order valence-electron chi connectivity index (χ0n) is 13.3.